The van der Waals surface area contributed by atoms with Crippen molar-refractivity contribution in [3.05, 3.63) is 102 Å². The molecule has 3 atom stereocenters. The highest BCUT2D eigenvalue weighted by Gasteiger charge is 2.42. The molecular formula is C39H52N4O6S. The third kappa shape index (κ3) is 9.64. The van der Waals surface area contributed by atoms with E-state index in [-0.39, 0.29) is 30.2 Å². The van der Waals surface area contributed by atoms with Crippen LogP contribution in [-0.4, -0.2) is 86.1 Å². The number of carbonyl (C=O) groups is 2. The zero-order chi connectivity index (χ0) is 35.9. The van der Waals surface area contributed by atoms with E-state index >= 15 is 0 Å². The molecular weight excluding hydrogens is 653 g/mol. The summed E-state index contributed by atoms with van der Waals surface area (Å²) in [7, 11) is -2.15. The monoisotopic (exact) mass is 704 g/mol. The first-order valence-corrected chi connectivity index (χ1v) is 18.9. The summed E-state index contributed by atoms with van der Waals surface area (Å²) < 4.78 is 40.1. The van der Waals surface area contributed by atoms with E-state index in [0.29, 0.717) is 12.5 Å². The summed E-state index contributed by atoms with van der Waals surface area (Å²) in [6.07, 6.45) is 1.88. The Hall–Kier alpha value is -3.93. The number of nitrogens with zero attached hydrogens (tertiary/aromatic N) is 3. The van der Waals surface area contributed by atoms with E-state index in [9.17, 15) is 18.0 Å². The molecule has 2 heterocycles. The van der Waals surface area contributed by atoms with Crippen LogP contribution >= 0.6 is 0 Å². The first kappa shape index (κ1) is 37.3. The van der Waals surface area contributed by atoms with E-state index in [1.165, 1.54) is 4.31 Å². The number of likely N-dealkylation sites (tertiary alicyclic amines) is 2. The predicted molar refractivity (Wildman–Crippen MR) is 194 cm³/mol. The number of rotatable bonds is 12. The molecule has 11 heteroatoms. The average Bonchev–Trinajstić information content (AvgIpc) is 3.53. The number of amides is 2. The molecule has 0 saturated carbocycles. The largest absolute Gasteiger partial charge is 0.445 e. The van der Waals surface area contributed by atoms with Crippen LogP contribution < -0.4 is 5.32 Å². The highest BCUT2D eigenvalue weighted by molar-refractivity contribution is 7.89. The quantitative estimate of drug-likeness (QED) is 0.232. The summed E-state index contributed by atoms with van der Waals surface area (Å²) in [5.41, 5.74) is 1.79. The number of piperidine rings is 1. The molecule has 0 aromatic heterocycles. The summed E-state index contributed by atoms with van der Waals surface area (Å²) in [6, 6.07) is 26.4. The van der Waals surface area contributed by atoms with Gasteiger partial charge in [0, 0.05) is 51.2 Å². The molecule has 2 aliphatic heterocycles. The Bertz CT molecular complexity index is 1680. The van der Waals surface area contributed by atoms with Crippen LogP contribution in [0.3, 0.4) is 0 Å². The number of benzene rings is 3. The molecule has 0 aliphatic carbocycles. The van der Waals surface area contributed by atoms with Gasteiger partial charge in [-0.2, -0.15) is 0 Å². The second kappa shape index (κ2) is 16.0. The van der Waals surface area contributed by atoms with Crippen molar-refractivity contribution in [2.24, 2.45) is 5.92 Å². The molecule has 3 aromatic rings. The van der Waals surface area contributed by atoms with Crippen LogP contribution in [0.4, 0.5) is 9.59 Å². The molecule has 2 aliphatic rings. The molecule has 270 valence electrons. The lowest BCUT2D eigenvalue weighted by Crippen LogP contribution is -2.49. The van der Waals surface area contributed by atoms with E-state index < -0.39 is 27.1 Å². The van der Waals surface area contributed by atoms with Gasteiger partial charge >= 0.3 is 12.2 Å². The zero-order valence-corrected chi connectivity index (χ0v) is 30.8. The Morgan fingerprint density at radius 3 is 2.20 bits per heavy atom. The van der Waals surface area contributed by atoms with Crippen molar-refractivity contribution in [2.75, 3.05) is 39.8 Å². The molecule has 50 heavy (non-hydrogen) atoms. The van der Waals surface area contributed by atoms with Gasteiger partial charge in [-0.15, -0.1) is 0 Å². The topological polar surface area (TPSA) is 108 Å². The zero-order valence-electron chi connectivity index (χ0n) is 30.0. The van der Waals surface area contributed by atoms with Gasteiger partial charge in [-0.3, -0.25) is 0 Å². The molecule has 2 amide bonds. The number of nitrogens with one attached hydrogen (secondary N) is 1. The molecule has 3 aromatic carbocycles. The minimum Gasteiger partial charge on any atom is -0.445 e. The number of likely N-dealkylation sites (N-methyl/N-ethyl adjacent to an activating group) is 1. The van der Waals surface area contributed by atoms with Crippen LogP contribution in [0.5, 0.6) is 0 Å². The Kier molecular flexibility index (Phi) is 11.9. The maximum absolute atomic E-state index is 13.8. The molecule has 2 saturated heterocycles. The Balaban J connectivity index is 1.17. The van der Waals surface area contributed by atoms with Crippen LogP contribution in [-0.2, 0) is 38.1 Å². The van der Waals surface area contributed by atoms with Crippen molar-refractivity contribution in [2.45, 2.75) is 82.1 Å². The number of sulfonamides is 1. The maximum atomic E-state index is 13.8. The average molecular weight is 705 g/mol. The van der Waals surface area contributed by atoms with E-state index in [1.807, 2.05) is 74.2 Å². The molecule has 10 nitrogen and oxygen atoms in total. The number of fused-ring (bicyclic) bond motifs is 1. The van der Waals surface area contributed by atoms with E-state index in [0.717, 1.165) is 62.1 Å². The van der Waals surface area contributed by atoms with Crippen LogP contribution in [0.25, 0.3) is 0 Å². The molecule has 5 rings (SSSR count). The predicted octanol–water partition coefficient (Wildman–Crippen LogP) is 6.41. The van der Waals surface area contributed by atoms with Crippen molar-refractivity contribution in [1.29, 1.82) is 0 Å². The fourth-order valence-corrected chi connectivity index (χ4v) is 8.35. The number of ether oxygens (including phenoxy) is 2. The van der Waals surface area contributed by atoms with E-state index in [4.69, 9.17) is 9.47 Å². The molecule has 0 bridgehead atoms. The smallest absolute Gasteiger partial charge is 0.410 e. The molecule has 1 N–H and O–H groups in total. The van der Waals surface area contributed by atoms with Gasteiger partial charge in [0.15, 0.2) is 0 Å². The van der Waals surface area contributed by atoms with Gasteiger partial charge in [-0.25, -0.2) is 22.3 Å². The molecule has 3 unspecified atom stereocenters. The van der Waals surface area contributed by atoms with Crippen LogP contribution in [0.2, 0.25) is 0 Å². The first-order chi connectivity index (χ1) is 23.7. The van der Waals surface area contributed by atoms with Crippen molar-refractivity contribution >= 4 is 22.2 Å². The SMILES string of the molecule is CN(CC(C)(CCN1CCC2C(CCN2C(=O)OC(C)(C)C)C1)c1ccccc1)S(=O)(=O)c1ccc(CNC(=O)OCc2ccccc2)cc1. The Morgan fingerprint density at radius 2 is 1.54 bits per heavy atom. The number of hydrogen-bond acceptors (Lipinski definition) is 7. The molecule has 2 fully saturated rings. The summed E-state index contributed by atoms with van der Waals surface area (Å²) in [5, 5.41) is 2.72. The second-order valence-corrected chi connectivity index (χ2v) is 16.9. The van der Waals surface area contributed by atoms with Gasteiger partial charge in [0.2, 0.25) is 10.0 Å². The van der Waals surface area contributed by atoms with Crippen molar-refractivity contribution in [1.82, 2.24) is 19.4 Å². The standard InChI is InChI=1S/C39H52N4O6S/c1-38(2,3)49-37(45)43-24-20-32-27-42(23-21-35(32)43)25-22-39(4,33-14-10-7-11-15-33)29-41(5)50(46,47)34-18-16-30(17-19-34)26-40-36(44)48-28-31-12-8-6-9-13-31/h6-19,32,35H,20-29H2,1-5H3,(H,40,44). The second-order valence-electron chi connectivity index (χ2n) is 14.9. The van der Waals surface area contributed by atoms with Crippen molar-refractivity contribution in [3.63, 3.8) is 0 Å². The third-order valence-electron chi connectivity index (χ3n) is 9.85. The van der Waals surface area contributed by atoms with Crippen LogP contribution in [0, 0.1) is 5.92 Å². The van der Waals surface area contributed by atoms with Gasteiger partial charge in [0.1, 0.15) is 12.2 Å². The number of hydrogen-bond donors (Lipinski definition) is 1. The van der Waals surface area contributed by atoms with Gasteiger partial charge in [-0.1, -0.05) is 79.7 Å². The maximum Gasteiger partial charge on any atom is 0.410 e. The lowest BCUT2D eigenvalue weighted by Gasteiger charge is -2.40. The molecule has 0 spiro atoms. The summed E-state index contributed by atoms with van der Waals surface area (Å²) in [6.45, 7) is 11.9. The van der Waals surface area contributed by atoms with E-state index in [1.54, 1.807) is 31.3 Å². The first-order valence-electron chi connectivity index (χ1n) is 17.5. The van der Waals surface area contributed by atoms with Crippen molar-refractivity contribution < 1.29 is 27.5 Å². The lowest BCUT2D eigenvalue weighted by atomic mass is 9.79. The highest BCUT2D eigenvalue weighted by Crippen LogP contribution is 2.35. The van der Waals surface area contributed by atoms with Gasteiger partial charge in [-0.05, 0) is 81.3 Å². The fraction of sp³-hybridized carbons (Fsp3) is 0.487. The lowest BCUT2D eigenvalue weighted by molar-refractivity contribution is 0.0139. The normalized spacial score (nSPS) is 19.4. The minimum atomic E-state index is -3.79. The third-order valence-corrected chi connectivity index (χ3v) is 11.7. The van der Waals surface area contributed by atoms with Gasteiger partial charge in [0.05, 0.1) is 4.90 Å². The minimum absolute atomic E-state index is 0.172. The van der Waals surface area contributed by atoms with Crippen LogP contribution in [0.15, 0.2) is 89.8 Å². The summed E-state index contributed by atoms with van der Waals surface area (Å²) >= 11 is 0. The number of alkyl carbamates (subject to hydrolysis) is 1. The highest BCUT2D eigenvalue weighted by atomic mass is 32.2. The Morgan fingerprint density at radius 1 is 0.880 bits per heavy atom. The number of carbonyl (C=O) groups excluding carboxylic acids is 2. The van der Waals surface area contributed by atoms with Crippen LogP contribution in [0.1, 0.15) is 63.6 Å². The van der Waals surface area contributed by atoms with Gasteiger partial charge < -0.3 is 24.6 Å². The van der Waals surface area contributed by atoms with E-state index in [2.05, 4.69) is 29.3 Å². The summed E-state index contributed by atoms with van der Waals surface area (Å²) in [4.78, 5) is 29.6. The Labute approximate surface area is 297 Å². The van der Waals surface area contributed by atoms with Crippen molar-refractivity contribution in [3.8, 4) is 0 Å². The fourth-order valence-electron chi connectivity index (χ4n) is 7.05. The van der Waals surface area contributed by atoms with Gasteiger partial charge in [0.25, 0.3) is 0 Å². The summed E-state index contributed by atoms with van der Waals surface area (Å²) in [5.74, 6) is 0.403. The molecule has 0 radical (unpaired) electrons.